The molecule has 0 aromatic heterocycles. The van der Waals surface area contributed by atoms with Crippen LogP contribution in [0.15, 0.2) is 24.3 Å². The third-order valence-corrected chi connectivity index (χ3v) is 9.15. The topological polar surface area (TPSA) is 97.3 Å². The summed E-state index contributed by atoms with van der Waals surface area (Å²) in [7, 11) is 4.11. The molecule has 3 aliphatic carbocycles. The van der Waals surface area contributed by atoms with Crippen molar-refractivity contribution in [3.05, 3.63) is 35.4 Å². The number of amides is 1. The van der Waals surface area contributed by atoms with Crippen molar-refractivity contribution in [2.75, 3.05) is 27.2 Å². The molecule has 2 bridgehead atoms. The number of nitrogens with zero attached hydrogens (tertiary/aromatic N) is 2. The number of aliphatic hydroxyl groups excluding tert-OH is 2. The van der Waals surface area contributed by atoms with Crippen molar-refractivity contribution >= 4 is 5.91 Å². The molecule has 1 saturated heterocycles. The number of hydroxylamine groups is 2. The molecule has 202 valence electrons. The molecule has 1 amide bonds. The van der Waals surface area contributed by atoms with Gasteiger partial charge in [-0.05, 0) is 68.2 Å². The van der Waals surface area contributed by atoms with Gasteiger partial charge in [0.1, 0.15) is 6.04 Å². The first kappa shape index (κ1) is 27.5. The third-order valence-electron chi connectivity index (χ3n) is 9.15. The molecule has 1 aromatic rings. The predicted octanol–water partition coefficient (Wildman–Crippen LogP) is 1.96. The number of hydrogen-bond donors (Lipinski definition) is 4. The van der Waals surface area contributed by atoms with Gasteiger partial charge < -0.3 is 25.7 Å². The number of carbonyl (C=O) groups is 1. The van der Waals surface area contributed by atoms with Crippen LogP contribution in [0.4, 0.5) is 0 Å². The van der Waals surface area contributed by atoms with Gasteiger partial charge in [0, 0.05) is 25.7 Å². The van der Waals surface area contributed by atoms with E-state index in [1.807, 2.05) is 12.1 Å². The van der Waals surface area contributed by atoms with Crippen molar-refractivity contribution in [3.8, 4) is 0 Å². The summed E-state index contributed by atoms with van der Waals surface area (Å²) in [4.78, 5) is 21.5. The molecular weight excluding hydrogens is 456 g/mol. The molecule has 1 heterocycles. The number of aliphatic hydroxyl groups is 2. The quantitative estimate of drug-likeness (QED) is 0.363. The second-order valence-corrected chi connectivity index (χ2v) is 12.2. The number of hydrogen-bond acceptors (Lipinski definition) is 7. The zero-order valence-electron chi connectivity index (χ0n) is 22.8. The Bertz CT molecular complexity index is 907. The van der Waals surface area contributed by atoms with Crippen LogP contribution in [-0.4, -0.2) is 77.7 Å². The van der Waals surface area contributed by atoms with Crippen LogP contribution in [0.3, 0.4) is 0 Å². The molecule has 4 N–H and O–H groups in total. The second kappa shape index (κ2) is 11.1. The average Bonchev–Trinajstić information content (AvgIpc) is 3.13. The number of nitrogens with one attached hydrogen (secondary N) is 2. The van der Waals surface area contributed by atoms with Gasteiger partial charge in [-0.15, -0.1) is 0 Å². The fraction of sp³-hybridized carbons (Fsp3) is 0.750. The maximum Gasteiger partial charge on any atom is 0.240 e. The van der Waals surface area contributed by atoms with E-state index in [4.69, 9.17) is 4.84 Å². The summed E-state index contributed by atoms with van der Waals surface area (Å²) in [6, 6.07) is 7.53. The first-order chi connectivity index (χ1) is 17.0. The lowest BCUT2D eigenvalue weighted by atomic mass is 9.45. The molecule has 8 nitrogen and oxygen atoms in total. The maximum absolute atomic E-state index is 13.6. The lowest BCUT2D eigenvalue weighted by Crippen LogP contribution is -2.62. The molecule has 4 fully saturated rings. The Kier molecular flexibility index (Phi) is 8.44. The Morgan fingerprint density at radius 2 is 2.00 bits per heavy atom. The summed E-state index contributed by atoms with van der Waals surface area (Å²) in [5.74, 6) is 0.758. The molecule has 3 saturated carbocycles. The second-order valence-electron chi connectivity index (χ2n) is 12.2. The zero-order chi connectivity index (χ0) is 26.2. The monoisotopic (exact) mass is 502 g/mol. The van der Waals surface area contributed by atoms with E-state index in [9.17, 15) is 15.0 Å². The van der Waals surface area contributed by atoms with Crippen molar-refractivity contribution in [1.29, 1.82) is 0 Å². The van der Waals surface area contributed by atoms with E-state index in [1.165, 1.54) is 6.42 Å². The molecule has 1 unspecified atom stereocenters. The summed E-state index contributed by atoms with van der Waals surface area (Å²) in [6.45, 7) is 11.5. The summed E-state index contributed by atoms with van der Waals surface area (Å²) < 4.78 is 0. The highest BCUT2D eigenvalue weighted by atomic mass is 16.8. The van der Waals surface area contributed by atoms with Crippen molar-refractivity contribution in [1.82, 2.24) is 20.6 Å². The van der Waals surface area contributed by atoms with Crippen molar-refractivity contribution < 1.29 is 19.8 Å². The van der Waals surface area contributed by atoms with Crippen molar-refractivity contribution in [2.24, 2.45) is 29.1 Å². The van der Waals surface area contributed by atoms with Crippen molar-refractivity contribution in [3.63, 3.8) is 0 Å². The van der Waals surface area contributed by atoms with Crippen LogP contribution in [0, 0.1) is 29.1 Å². The van der Waals surface area contributed by atoms with Crippen LogP contribution in [0.5, 0.6) is 0 Å². The Hall–Kier alpha value is -1.55. The van der Waals surface area contributed by atoms with Crippen LogP contribution < -0.4 is 10.6 Å². The van der Waals surface area contributed by atoms with Crippen LogP contribution in [0.2, 0.25) is 0 Å². The van der Waals surface area contributed by atoms with Gasteiger partial charge >= 0.3 is 0 Å². The van der Waals surface area contributed by atoms with E-state index in [0.717, 1.165) is 37.2 Å². The van der Waals surface area contributed by atoms with Crippen molar-refractivity contribution in [2.45, 2.75) is 78.1 Å². The zero-order valence-corrected chi connectivity index (χ0v) is 22.8. The van der Waals surface area contributed by atoms with Crippen LogP contribution in [-0.2, 0) is 22.7 Å². The molecule has 1 aliphatic heterocycles. The number of rotatable bonds is 10. The largest absolute Gasteiger partial charge is 0.393 e. The fourth-order valence-corrected chi connectivity index (χ4v) is 6.73. The van der Waals surface area contributed by atoms with Gasteiger partial charge in [-0.25, -0.2) is 0 Å². The predicted molar refractivity (Wildman–Crippen MR) is 139 cm³/mol. The van der Waals surface area contributed by atoms with Crippen LogP contribution >= 0.6 is 0 Å². The third kappa shape index (κ3) is 5.64. The highest BCUT2D eigenvalue weighted by Crippen LogP contribution is 2.61. The van der Waals surface area contributed by atoms with Gasteiger partial charge in [0.05, 0.1) is 18.6 Å². The molecule has 8 heteroatoms. The van der Waals surface area contributed by atoms with Gasteiger partial charge in [0.2, 0.25) is 5.91 Å². The van der Waals surface area contributed by atoms with E-state index < -0.39 is 24.4 Å². The van der Waals surface area contributed by atoms with E-state index in [-0.39, 0.29) is 11.9 Å². The Labute approximate surface area is 216 Å². The summed E-state index contributed by atoms with van der Waals surface area (Å²) in [6.07, 6.45) is 0.111. The van der Waals surface area contributed by atoms with Gasteiger partial charge in [-0.3, -0.25) is 9.63 Å². The minimum Gasteiger partial charge on any atom is -0.393 e. The summed E-state index contributed by atoms with van der Waals surface area (Å²) in [5.41, 5.74) is 2.48. The Morgan fingerprint density at radius 3 is 2.64 bits per heavy atom. The molecule has 0 spiro atoms. The average molecular weight is 503 g/mol. The molecule has 4 aliphatic rings. The lowest BCUT2D eigenvalue weighted by molar-refractivity contribution is -0.231. The number of fused-ring (bicyclic) bond motifs is 2. The smallest absolute Gasteiger partial charge is 0.240 e. The van der Waals surface area contributed by atoms with E-state index in [0.29, 0.717) is 29.7 Å². The van der Waals surface area contributed by atoms with Crippen LogP contribution in [0.1, 0.15) is 51.7 Å². The van der Waals surface area contributed by atoms with Crippen LogP contribution in [0.25, 0.3) is 0 Å². The normalized spacial score (nSPS) is 34.4. The lowest BCUT2D eigenvalue weighted by Gasteiger charge is -2.62. The van der Waals surface area contributed by atoms with E-state index in [2.05, 4.69) is 62.5 Å². The molecule has 36 heavy (non-hydrogen) atoms. The van der Waals surface area contributed by atoms with Gasteiger partial charge in [-0.1, -0.05) is 45.0 Å². The number of benzene rings is 1. The fourth-order valence-electron chi connectivity index (χ4n) is 6.73. The molecule has 5 rings (SSSR count). The number of likely N-dealkylation sites (N-methyl/N-ethyl adjacent to an activating group) is 1. The molecule has 1 aromatic carbocycles. The molecule has 0 radical (unpaired) electrons. The highest BCUT2D eigenvalue weighted by molar-refractivity contribution is 5.82. The standard InChI is InChI=1S/C28H46N4O4/c1-17-22-13-21(28(22,3)4)14-23(17)30-26(34)25-24(18(2)33)27(35)36-32(25)16-20-9-7-8-19(12-20)15-29-10-11-31(5)6/h7-9,12,17-18,21-25,27,29,33,35H,10-11,13-16H2,1-6H3,(H,30,34)/t17-,18-,21+,22-,23-,24-,25-,27?/m0/s1. The van der Waals surface area contributed by atoms with Gasteiger partial charge in [0.15, 0.2) is 6.29 Å². The minimum atomic E-state index is -1.23. The maximum atomic E-state index is 13.6. The number of carbonyl (C=O) groups excluding carboxylic acids is 1. The first-order valence-electron chi connectivity index (χ1n) is 13.5. The minimum absolute atomic E-state index is 0.111. The summed E-state index contributed by atoms with van der Waals surface area (Å²) in [5, 5.41) is 29.4. The Morgan fingerprint density at radius 1 is 1.28 bits per heavy atom. The van der Waals surface area contributed by atoms with Gasteiger partial charge in [-0.2, -0.15) is 5.06 Å². The van der Waals surface area contributed by atoms with E-state index in [1.54, 1.807) is 12.0 Å². The Balaban J connectivity index is 1.43. The van der Waals surface area contributed by atoms with Gasteiger partial charge in [0.25, 0.3) is 0 Å². The molecule has 8 atom stereocenters. The van der Waals surface area contributed by atoms with E-state index >= 15 is 0 Å². The molecular formula is C28H46N4O4. The summed E-state index contributed by atoms with van der Waals surface area (Å²) >= 11 is 0. The highest BCUT2D eigenvalue weighted by Gasteiger charge is 2.57. The SMILES string of the molecule is C[C@@H]1[C@@H](NC(=O)[C@@H]2[C@H]([C@H](C)O)C(O)ON2Cc2cccc(CNCCN(C)C)c2)C[C@H]2C[C@@H]1C2(C)C. The first-order valence-corrected chi connectivity index (χ1v) is 13.5.